The fraction of sp³-hybridized carbons (Fsp3) is 0.353. The summed E-state index contributed by atoms with van der Waals surface area (Å²) >= 11 is 0. The van der Waals surface area contributed by atoms with Crippen molar-refractivity contribution in [3.8, 4) is 5.88 Å². The number of aromatic nitrogens is 2. The predicted molar refractivity (Wildman–Crippen MR) is 84.0 cm³/mol. The highest BCUT2D eigenvalue weighted by Crippen LogP contribution is 2.38. The van der Waals surface area contributed by atoms with Crippen LogP contribution in [0.2, 0.25) is 0 Å². The van der Waals surface area contributed by atoms with Crippen LogP contribution in [0.4, 0.5) is 0 Å². The van der Waals surface area contributed by atoms with Gasteiger partial charge in [0.25, 0.3) is 5.91 Å². The largest absolute Gasteiger partial charge is 0.481 e. The van der Waals surface area contributed by atoms with E-state index in [9.17, 15) is 9.90 Å². The van der Waals surface area contributed by atoms with Gasteiger partial charge in [0.05, 0.1) is 24.8 Å². The van der Waals surface area contributed by atoms with E-state index < -0.39 is 0 Å². The maximum atomic E-state index is 12.4. The van der Waals surface area contributed by atoms with Crippen molar-refractivity contribution >= 4 is 5.91 Å². The van der Waals surface area contributed by atoms with Crippen molar-refractivity contribution in [2.75, 3.05) is 7.11 Å². The standard InChI is InChI=1S/C17H19N3O3/c1-23-15-5-4-11(10-19-15)16(13-7-14(21)8-13)20-17(22)12-3-2-6-18-9-12/h2-6,9-10,13-14,16,21H,7-8H2,1H3,(H,20,22)/t13?,14?,16-/m0/s1. The summed E-state index contributed by atoms with van der Waals surface area (Å²) in [6, 6.07) is 6.93. The highest BCUT2D eigenvalue weighted by atomic mass is 16.5. The third-order valence-electron chi connectivity index (χ3n) is 4.16. The quantitative estimate of drug-likeness (QED) is 0.878. The summed E-state index contributed by atoms with van der Waals surface area (Å²) in [6.07, 6.45) is 5.92. The van der Waals surface area contributed by atoms with Crippen LogP contribution in [0.15, 0.2) is 42.9 Å². The highest BCUT2D eigenvalue weighted by molar-refractivity contribution is 5.94. The van der Waals surface area contributed by atoms with Crippen LogP contribution in [0.3, 0.4) is 0 Å². The zero-order valence-electron chi connectivity index (χ0n) is 12.8. The number of amides is 1. The minimum absolute atomic E-state index is 0.180. The number of carbonyl (C=O) groups excluding carboxylic acids is 1. The lowest BCUT2D eigenvalue weighted by Crippen LogP contribution is -2.41. The molecule has 0 saturated heterocycles. The molecule has 0 aliphatic heterocycles. The van der Waals surface area contributed by atoms with Gasteiger partial charge in [-0.3, -0.25) is 9.78 Å². The Morgan fingerprint density at radius 3 is 2.74 bits per heavy atom. The molecule has 1 aliphatic carbocycles. The molecule has 2 N–H and O–H groups in total. The van der Waals surface area contributed by atoms with Gasteiger partial charge in [0, 0.05) is 24.7 Å². The Morgan fingerprint density at radius 2 is 2.17 bits per heavy atom. The maximum absolute atomic E-state index is 12.4. The number of carbonyl (C=O) groups is 1. The summed E-state index contributed by atoms with van der Waals surface area (Å²) in [6.45, 7) is 0. The number of nitrogens with one attached hydrogen (secondary N) is 1. The van der Waals surface area contributed by atoms with Crippen LogP contribution in [0.5, 0.6) is 5.88 Å². The first kappa shape index (κ1) is 15.4. The summed E-state index contributed by atoms with van der Waals surface area (Å²) in [5.74, 6) is 0.542. The van der Waals surface area contributed by atoms with Crippen LogP contribution in [-0.2, 0) is 0 Å². The van der Waals surface area contributed by atoms with E-state index in [0.717, 1.165) is 5.56 Å². The smallest absolute Gasteiger partial charge is 0.253 e. The van der Waals surface area contributed by atoms with Gasteiger partial charge in [-0.2, -0.15) is 0 Å². The number of pyridine rings is 2. The van der Waals surface area contributed by atoms with Gasteiger partial charge in [0.2, 0.25) is 5.88 Å². The monoisotopic (exact) mass is 313 g/mol. The zero-order valence-corrected chi connectivity index (χ0v) is 12.8. The topological polar surface area (TPSA) is 84.3 Å². The molecule has 1 atom stereocenters. The molecule has 2 heterocycles. The van der Waals surface area contributed by atoms with E-state index in [1.807, 2.05) is 6.07 Å². The van der Waals surface area contributed by atoms with Crippen LogP contribution in [0.1, 0.15) is 34.8 Å². The molecule has 3 rings (SSSR count). The molecule has 1 fully saturated rings. The van der Waals surface area contributed by atoms with Gasteiger partial charge in [-0.1, -0.05) is 6.07 Å². The highest BCUT2D eigenvalue weighted by Gasteiger charge is 2.36. The molecule has 1 amide bonds. The average molecular weight is 313 g/mol. The first-order valence-corrected chi connectivity index (χ1v) is 7.56. The Kier molecular flexibility index (Phi) is 4.52. The molecule has 1 aliphatic rings. The van der Waals surface area contributed by atoms with Crippen molar-refractivity contribution in [3.63, 3.8) is 0 Å². The van der Waals surface area contributed by atoms with Gasteiger partial charge in [0.15, 0.2) is 0 Å². The Labute approximate surface area is 134 Å². The van der Waals surface area contributed by atoms with E-state index in [2.05, 4.69) is 15.3 Å². The second-order valence-electron chi connectivity index (χ2n) is 5.71. The summed E-state index contributed by atoms with van der Waals surface area (Å²) in [5.41, 5.74) is 1.42. The lowest BCUT2D eigenvalue weighted by Gasteiger charge is -2.38. The number of hydrogen-bond donors (Lipinski definition) is 2. The van der Waals surface area contributed by atoms with E-state index >= 15 is 0 Å². The van der Waals surface area contributed by atoms with Crippen LogP contribution in [0.25, 0.3) is 0 Å². The molecule has 1 saturated carbocycles. The summed E-state index contributed by atoms with van der Waals surface area (Å²) < 4.78 is 5.07. The molecule has 0 bridgehead atoms. The predicted octanol–water partition coefficient (Wildman–Crippen LogP) is 1.73. The number of methoxy groups -OCH3 is 1. The van der Waals surface area contributed by atoms with Gasteiger partial charge >= 0.3 is 0 Å². The Hall–Kier alpha value is -2.47. The Bertz CT molecular complexity index is 655. The Balaban J connectivity index is 1.79. The number of aliphatic hydroxyl groups excluding tert-OH is 1. The van der Waals surface area contributed by atoms with Crippen molar-refractivity contribution in [2.24, 2.45) is 5.92 Å². The average Bonchev–Trinajstić information content (AvgIpc) is 2.58. The number of ether oxygens (including phenoxy) is 1. The summed E-state index contributed by atoms with van der Waals surface area (Å²) in [4.78, 5) is 20.6. The minimum Gasteiger partial charge on any atom is -0.481 e. The number of hydrogen-bond acceptors (Lipinski definition) is 5. The molecule has 23 heavy (non-hydrogen) atoms. The van der Waals surface area contributed by atoms with Crippen LogP contribution >= 0.6 is 0 Å². The maximum Gasteiger partial charge on any atom is 0.253 e. The SMILES string of the molecule is COc1ccc([C@H](NC(=O)c2cccnc2)C2CC(O)C2)cn1. The van der Waals surface area contributed by atoms with Crippen LogP contribution < -0.4 is 10.1 Å². The number of aliphatic hydroxyl groups is 1. The molecule has 6 heteroatoms. The van der Waals surface area contributed by atoms with Crippen LogP contribution in [-0.4, -0.2) is 34.2 Å². The van der Waals surface area contributed by atoms with Crippen molar-refractivity contribution in [1.29, 1.82) is 0 Å². The zero-order chi connectivity index (χ0) is 16.2. The van der Waals surface area contributed by atoms with Crippen LogP contribution in [0, 0.1) is 5.92 Å². The third-order valence-corrected chi connectivity index (χ3v) is 4.16. The van der Waals surface area contributed by atoms with Gasteiger partial charge in [-0.15, -0.1) is 0 Å². The van der Waals surface area contributed by atoms with E-state index in [1.54, 1.807) is 37.7 Å². The Morgan fingerprint density at radius 1 is 1.35 bits per heavy atom. The fourth-order valence-corrected chi connectivity index (χ4v) is 2.79. The van der Waals surface area contributed by atoms with Crippen molar-refractivity contribution in [3.05, 3.63) is 54.0 Å². The fourth-order valence-electron chi connectivity index (χ4n) is 2.79. The third kappa shape index (κ3) is 3.48. The molecule has 0 unspecified atom stereocenters. The summed E-state index contributed by atoms with van der Waals surface area (Å²) in [5, 5.41) is 12.6. The molecule has 0 spiro atoms. The van der Waals surface area contributed by atoms with Gasteiger partial charge < -0.3 is 15.2 Å². The van der Waals surface area contributed by atoms with E-state index in [0.29, 0.717) is 24.3 Å². The molecule has 120 valence electrons. The number of nitrogens with zero attached hydrogens (tertiary/aromatic N) is 2. The lowest BCUT2D eigenvalue weighted by molar-refractivity contribution is 0.0234. The minimum atomic E-state index is -0.288. The second-order valence-corrected chi connectivity index (χ2v) is 5.71. The normalized spacial score (nSPS) is 21.1. The molecule has 0 radical (unpaired) electrons. The number of rotatable bonds is 5. The van der Waals surface area contributed by atoms with E-state index in [-0.39, 0.29) is 24.0 Å². The van der Waals surface area contributed by atoms with Crippen molar-refractivity contribution in [2.45, 2.75) is 25.0 Å². The molecule has 0 aromatic carbocycles. The van der Waals surface area contributed by atoms with E-state index in [4.69, 9.17) is 4.74 Å². The van der Waals surface area contributed by atoms with Crippen molar-refractivity contribution < 1.29 is 14.6 Å². The second kappa shape index (κ2) is 6.75. The van der Waals surface area contributed by atoms with Gasteiger partial charge in [-0.25, -0.2) is 4.98 Å². The van der Waals surface area contributed by atoms with Gasteiger partial charge in [-0.05, 0) is 36.5 Å². The molecule has 6 nitrogen and oxygen atoms in total. The molecule has 2 aromatic rings. The summed E-state index contributed by atoms with van der Waals surface area (Å²) in [7, 11) is 1.56. The molecule has 2 aromatic heterocycles. The lowest BCUT2D eigenvalue weighted by atomic mass is 9.75. The molecular formula is C17H19N3O3. The first-order chi connectivity index (χ1) is 11.2. The molecular weight excluding hydrogens is 294 g/mol. The van der Waals surface area contributed by atoms with E-state index in [1.165, 1.54) is 6.20 Å². The van der Waals surface area contributed by atoms with Crippen molar-refractivity contribution in [1.82, 2.24) is 15.3 Å². The first-order valence-electron chi connectivity index (χ1n) is 7.56. The van der Waals surface area contributed by atoms with Gasteiger partial charge in [0.1, 0.15) is 0 Å².